The van der Waals surface area contributed by atoms with E-state index in [9.17, 15) is 4.79 Å². The third-order valence-corrected chi connectivity index (χ3v) is 4.30. The number of nitrogens with one attached hydrogen (secondary N) is 1. The number of benzene rings is 1. The molecule has 0 unspecified atom stereocenters. The minimum atomic E-state index is -0.694. The minimum Gasteiger partial charge on any atom is -0.492 e. The van der Waals surface area contributed by atoms with Gasteiger partial charge in [0.25, 0.3) is 5.91 Å². The Hall–Kier alpha value is -1.01. The van der Waals surface area contributed by atoms with Crippen LogP contribution in [-0.4, -0.2) is 56.8 Å². The zero-order valence-electron chi connectivity index (χ0n) is 13.5. The highest BCUT2D eigenvalue weighted by Gasteiger charge is 2.41. The molecule has 0 atom stereocenters. The Morgan fingerprint density at radius 2 is 1.91 bits per heavy atom. The van der Waals surface area contributed by atoms with Crippen molar-refractivity contribution in [3.63, 3.8) is 0 Å². The van der Waals surface area contributed by atoms with Gasteiger partial charge >= 0.3 is 0 Å². The molecule has 0 saturated carbocycles. The van der Waals surface area contributed by atoms with Gasteiger partial charge in [-0.3, -0.25) is 4.79 Å². The number of ether oxygens (including phenoxy) is 2. The van der Waals surface area contributed by atoms with Crippen LogP contribution in [0, 0.1) is 0 Å². The Kier molecular flexibility index (Phi) is 8.12. The molecular weight excluding hydrogens is 339 g/mol. The molecule has 2 rings (SSSR count). The summed E-state index contributed by atoms with van der Waals surface area (Å²) in [5, 5.41) is 3.92. The van der Waals surface area contributed by atoms with Gasteiger partial charge in [0.1, 0.15) is 18.0 Å². The number of hydrogen-bond donors (Lipinski definition) is 1. The lowest BCUT2D eigenvalue weighted by atomic mass is 9.90. The summed E-state index contributed by atoms with van der Waals surface area (Å²) in [6, 6.07) is 7.18. The van der Waals surface area contributed by atoms with Crippen molar-refractivity contribution in [3.05, 3.63) is 29.3 Å². The fourth-order valence-electron chi connectivity index (χ4n) is 2.62. The number of hydrogen-bond acceptors (Lipinski definition) is 4. The van der Waals surface area contributed by atoms with Crippen LogP contribution in [0.3, 0.4) is 0 Å². The molecule has 7 heteroatoms. The Balaban J connectivity index is 0.00000264. The van der Waals surface area contributed by atoms with E-state index >= 15 is 0 Å². The maximum absolute atomic E-state index is 12.6. The Morgan fingerprint density at radius 3 is 2.48 bits per heavy atom. The molecule has 0 spiro atoms. The van der Waals surface area contributed by atoms with Crippen molar-refractivity contribution in [2.45, 2.75) is 18.4 Å². The summed E-state index contributed by atoms with van der Waals surface area (Å²) in [7, 11) is 3.40. The van der Waals surface area contributed by atoms with Gasteiger partial charge in [-0.15, -0.1) is 12.4 Å². The van der Waals surface area contributed by atoms with Crippen molar-refractivity contribution in [2.24, 2.45) is 0 Å². The molecule has 1 amide bonds. The van der Waals surface area contributed by atoms with Gasteiger partial charge in [0, 0.05) is 19.2 Å². The first-order valence-electron chi connectivity index (χ1n) is 7.47. The van der Waals surface area contributed by atoms with E-state index in [1.807, 2.05) is 12.1 Å². The number of methoxy groups -OCH3 is 1. The summed E-state index contributed by atoms with van der Waals surface area (Å²) in [6.45, 7) is 2.55. The molecule has 0 radical (unpaired) electrons. The molecule has 1 aliphatic heterocycles. The number of rotatable bonds is 6. The van der Waals surface area contributed by atoms with E-state index in [0.29, 0.717) is 31.0 Å². The van der Waals surface area contributed by atoms with E-state index in [0.717, 1.165) is 18.8 Å². The number of piperidine rings is 1. The molecule has 1 aromatic rings. The van der Waals surface area contributed by atoms with Gasteiger partial charge < -0.3 is 19.7 Å². The smallest absolute Gasteiger partial charge is 0.254 e. The van der Waals surface area contributed by atoms with Crippen LogP contribution in [0.2, 0.25) is 5.02 Å². The summed E-state index contributed by atoms with van der Waals surface area (Å²) >= 11 is 5.83. The van der Waals surface area contributed by atoms with Crippen molar-refractivity contribution < 1.29 is 14.3 Å². The second-order valence-electron chi connectivity index (χ2n) is 5.48. The SMILES string of the molecule is COC1(C(=O)N(C)CCOc2ccc(Cl)cc2)CCNCC1.Cl. The Labute approximate surface area is 148 Å². The van der Waals surface area contributed by atoms with Crippen LogP contribution in [0.25, 0.3) is 0 Å². The van der Waals surface area contributed by atoms with Gasteiger partial charge in [-0.1, -0.05) is 11.6 Å². The molecule has 1 heterocycles. The first-order valence-corrected chi connectivity index (χ1v) is 7.85. The molecule has 1 saturated heterocycles. The van der Waals surface area contributed by atoms with E-state index in [1.54, 1.807) is 31.2 Å². The van der Waals surface area contributed by atoms with Gasteiger partial charge in [0.15, 0.2) is 0 Å². The summed E-state index contributed by atoms with van der Waals surface area (Å²) in [4.78, 5) is 14.3. The lowest BCUT2D eigenvalue weighted by molar-refractivity contribution is -0.157. The van der Waals surface area contributed by atoms with Gasteiger partial charge in [-0.25, -0.2) is 0 Å². The average molecular weight is 363 g/mol. The number of amides is 1. The van der Waals surface area contributed by atoms with Crippen LogP contribution < -0.4 is 10.1 Å². The summed E-state index contributed by atoms with van der Waals surface area (Å²) in [5.41, 5.74) is -0.694. The second kappa shape index (κ2) is 9.33. The van der Waals surface area contributed by atoms with Gasteiger partial charge in [-0.05, 0) is 50.2 Å². The molecular formula is C16H24Cl2N2O3. The molecule has 0 bridgehead atoms. The highest BCUT2D eigenvalue weighted by atomic mass is 35.5. The lowest BCUT2D eigenvalue weighted by Gasteiger charge is -2.37. The van der Waals surface area contributed by atoms with E-state index < -0.39 is 5.60 Å². The molecule has 130 valence electrons. The number of nitrogens with zero attached hydrogens (tertiary/aromatic N) is 1. The quantitative estimate of drug-likeness (QED) is 0.843. The van der Waals surface area contributed by atoms with E-state index in [1.165, 1.54) is 0 Å². The fourth-order valence-corrected chi connectivity index (χ4v) is 2.74. The van der Waals surface area contributed by atoms with Crippen LogP contribution in [0.15, 0.2) is 24.3 Å². The average Bonchev–Trinajstić information content (AvgIpc) is 2.56. The Morgan fingerprint density at radius 1 is 1.30 bits per heavy atom. The predicted octanol–water partition coefficient (Wildman–Crippen LogP) is 2.37. The first-order chi connectivity index (χ1) is 10.6. The Bertz CT molecular complexity index is 491. The second-order valence-corrected chi connectivity index (χ2v) is 5.91. The van der Waals surface area contributed by atoms with Gasteiger partial charge in [0.2, 0.25) is 0 Å². The summed E-state index contributed by atoms with van der Waals surface area (Å²) < 4.78 is 11.2. The summed E-state index contributed by atoms with van der Waals surface area (Å²) in [5.74, 6) is 0.768. The van der Waals surface area contributed by atoms with E-state index in [4.69, 9.17) is 21.1 Å². The molecule has 1 N–H and O–H groups in total. The van der Waals surface area contributed by atoms with Gasteiger partial charge in [-0.2, -0.15) is 0 Å². The minimum absolute atomic E-state index is 0. The third-order valence-electron chi connectivity index (χ3n) is 4.05. The molecule has 1 aromatic carbocycles. The normalized spacial score (nSPS) is 16.3. The highest BCUT2D eigenvalue weighted by molar-refractivity contribution is 6.30. The third kappa shape index (κ3) is 5.24. The van der Waals surface area contributed by atoms with Crippen LogP contribution in [-0.2, 0) is 9.53 Å². The van der Waals surface area contributed by atoms with Crippen molar-refractivity contribution in [2.75, 3.05) is 40.4 Å². The summed E-state index contributed by atoms with van der Waals surface area (Å²) in [6.07, 6.45) is 1.40. The van der Waals surface area contributed by atoms with Crippen molar-refractivity contribution in [1.29, 1.82) is 0 Å². The van der Waals surface area contributed by atoms with E-state index in [2.05, 4.69) is 5.32 Å². The molecule has 0 aliphatic carbocycles. The maximum Gasteiger partial charge on any atom is 0.254 e. The zero-order valence-corrected chi connectivity index (χ0v) is 15.1. The van der Waals surface area contributed by atoms with Crippen molar-refractivity contribution in [3.8, 4) is 5.75 Å². The first kappa shape index (κ1) is 20.0. The predicted molar refractivity (Wildman–Crippen MR) is 93.7 cm³/mol. The topological polar surface area (TPSA) is 50.8 Å². The lowest BCUT2D eigenvalue weighted by Crippen LogP contribution is -2.55. The molecule has 1 aliphatic rings. The standard InChI is InChI=1S/C16H23ClN2O3.ClH/c1-19(11-12-22-14-5-3-13(17)4-6-14)15(20)16(21-2)7-9-18-10-8-16;/h3-6,18H,7-12H2,1-2H3;1H. The van der Waals surface area contributed by atoms with Crippen LogP contribution in [0.4, 0.5) is 0 Å². The number of carbonyl (C=O) groups is 1. The maximum atomic E-state index is 12.6. The molecule has 5 nitrogen and oxygen atoms in total. The number of halogens is 2. The van der Waals surface area contributed by atoms with Crippen LogP contribution in [0.5, 0.6) is 5.75 Å². The van der Waals surface area contributed by atoms with Crippen LogP contribution in [0.1, 0.15) is 12.8 Å². The molecule has 0 aromatic heterocycles. The highest BCUT2D eigenvalue weighted by Crippen LogP contribution is 2.24. The largest absolute Gasteiger partial charge is 0.492 e. The molecule has 1 fully saturated rings. The van der Waals surface area contributed by atoms with Gasteiger partial charge in [0.05, 0.1) is 6.54 Å². The molecule has 23 heavy (non-hydrogen) atoms. The van der Waals surface area contributed by atoms with E-state index in [-0.39, 0.29) is 18.3 Å². The zero-order chi connectivity index (χ0) is 16.0. The monoisotopic (exact) mass is 362 g/mol. The number of likely N-dealkylation sites (N-methyl/N-ethyl adjacent to an activating group) is 1. The van der Waals surface area contributed by atoms with Crippen molar-refractivity contribution in [1.82, 2.24) is 10.2 Å². The fraction of sp³-hybridized carbons (Fsp3) is 0.562. The van der Waals surface area contributed by atoms with Crippen molar-refractivity contribution >= 4 is 29.9 Å². The van der Waals surface area contributed by atoms with Crippen LogP contribution >= 0.6 is 24.0 Å². The number of carbonyl (C=O) groups excluding carboxylic acids is 1.